The number of aromatic nitrogens is 2. The number of carbonyl (C=O) groups excluding carboxylic acids is 4. The van der Waals surface area contributed by atoms with E-state index in [1.54, 1.807) is 42.9 Å². The number of amides is 3. The second-order valence-corrected chi connectivity index (χ2v) is 12.1. The van der Waals surface area contributed by atoms with Gasteiger partial charge in [-0.25, -0.2) is 4.98 Å². The number of thiophene rings is 1. The van der Waals surface area contributed by atoms with E-state index in [1.807, 2.05) is 40.4 Å². The lowest BCUT2D eigenvalue weighted by atomic mass is 10.0. The van der Waals surface area contributed by atoms with Gasteiger partial charge in [0.1, 0.15) is 24.6 Å². The summed E-state index contributed by atoms with van der Waals surface area (Å²) in [6, 6.07) is 9.95. The van der Waals surface area contributed by atoms with Crippen LogP contribution in [0.2, 0.25) is 5.02 Å². The van der Waals surface area contributed by atoms with Crippen LogP contribution in [0.5, 0.6) is 0 Å². The van der Waals surface area contributed by atoms with Crippen LogP contribution in [0.4, 0.5) is 0 Å². The van der Waals surface area contributed by atoms with Crippen LogP contribution >= 0.6 is 34.5 Å². The monoisotopic (exact) mass is 647 g/mol. The number of nitrogens with zero attached hydrogens (tertiary/aromatic N) is 5. The fraction of sp³-hybridized carbons (Fsp3) is 0.433. The van der Waals surface area contributed by atoms with E-state index in [-0.39, 0.29) is 45.1 Å². The van der Waals surface area contributed by atoms with Gasteiger partial charge in [-0.05, 0) is 48.9 Å². The number of carbonyl (C=O) groups is 4. The molecule has 1 aliphatic rings. The van der Waals surface area contributed by atoms with E-state index in [4.69, 9.17) is 27.9 Å². The number of esters is 1. The molecule has 13 heteroatoms. The van der Waals surface area contributed by atoms with E-state index >= 15 is 0 Å². The second-order valence-electron chi connectivity index (χ2n) is 10.1. The molecule has 0 N–H and O–H groups in total. The molecule has 1 aromatic carbocycles. The van der Waals surface area contributed by atoms with Crippen molar-refractivity contribution in [2.24, 2.45) is 0 Å². The first-order chi connectivity index (χ1) is 20.7. The first-order valence-electron chi connectivity index (χ1n) is 14.1. The van der Waals surface area contributed by atoms with E-state index in [0.29, 0.717) is 30.8 Å². The Bertz CT molecular complexity index is 1350. The molecule has 0 radical (unpaired) electrons. The molecule has 1 saturated heterocycles. The molecule has 3 heterocycles. The number of rotatable bonds is 15. The highest BCUT2D eigenvalue weighted by molar-refractivity contribution is 7.09. The Morgan fingerprint density at radius 1 is 1.19 bits per heavy atom. The summed E-state index contributed by atoms with van der Waals surface area (Å²) in [5.41, 5.74) is 0.0522. The van der Waals surface area contributed by atoms with Gasteiger partial charge in [0.15, 0.2) is 0 Å². The number of ether oxygens (including phenoxy) is 1. The molecule has 1 fully saturated rings. The largest absolute Gasteiger partial charge is 0.465 e. The smallest absolute Gasteiger partial charge is 0.325 e. The molecule has 3 amide bonds. The van der Waals surface area contributed by atoms with Crippen molar-refractivity contribution in [3.8, 4) is 0 Å². The van der Waals surface area contributed by atoms with Crippen molar-refractivity contribution in [3.63, 3.8) is 0 Å². The summed E-state index contributed by atoms with van der Waals surface area (Å²) in [6.45, 7) is 2.57. The highest BCUT2D eigenvalue weighted by Crippen LogP contribution is 2.24. The number of piperazine rings is 1. The predicted octanol–water partition coefficient (Wildman–Crippen LogP) is 3.86. The van der Waals surface area contributed by atoms with Gasteiger partial charge < -0.3 is 24.0 Å². The Hall–Kier alpha value is -3.41. The Kier molecular flexibility index (Phi) is 12.0. The summed E-state index contributed by atoms with van der Waals surface area (Å²) in [4.78, 5) is 62.9. The molecule has 10 nitrogen and oxygen atoms in total. The van der Waals surface area contributed by atoms with Crippen LogP contribution in [-0.2, 0) is 43.3 Å². The van der Waals surface area contributed by atoms with Gasteiger partial charge >= 0.3 is 5.97 Å². The van der Waals surface area contributed by atoms with Crippen LogP contribution in [0.1, 0.15) is 30.2 Å². The van der Waals surface area contributed by atoms with Crippen molar-refractivity contribution in [3.05, 3.63) is 76.0 Å². The van der Waals surface area contributed by atoms with Crippen LogP contribution in [0.25, 0.3) is 0 Å². The molecule has 0 spiro atoms. The van der Waals surface area contributed by atoms with Gasteiger partial charge in [0, 0.05) is 48.3 Å². The van der Waals surface area contributed by atoms with Crippen molar-refractivity contribution >= 4 is 58.2 Å². The molecule has 4 rings (SSSR count). The maximum Gasteiger partial charge on any atom is 0.325 e. The SMILES string of the molecule is CCOC(=O)CN(CCCn1ccnc1)C(=O)CC1C(=O)N(C(Cl)Cc2ccc(Cl)cc2)CC(=O)N1CCc1cccs1. The van der Waals surface area contributed by atoms with Crippen molar-refractivity contribution in [2.45, 2.75) is 50.7 Å². The molecule has 2 atom stereocenters. The number of hydrogen-bond donors (Lipinski definition) is 0. The minimum Gasteiger partial charge on any atom is -0.465 e. The molecule has 2 aromatic heterocycles. The van der Waals surface area contributed by atoms with Crippen molar-refractivity contribution in [1.82, 2.24) is 24.3 Å². The standard InChI is InChI=1S/C30H35Cl2N5O5S/c1-2-42-29(40)20-35(13-4-12-34-15-11-33-21-34)27(38)18-25-30(41)37(26(32)17-22-6-8-23(31)9-7-22)19-28(39)36(25)14-10-24-5-3-16-43-24/h3,5-9,11,15-16,21,25-26H,2,4,10,12-14,17-20H2,1H3. The molecular weight excluding hydrogens is 613 g/mol. The summed E-state index contributed by atoms with van der Waals surface area (Å²) >= 11 is 14.3. The first kappa shape index (κ1) is 32.5. The van der Waals surface area contributed by atoms with E-state index in [2.05, 4.69) is 4.98 Å². The maximum atomic E-state index is 13.9. The van der Waals surface area contributed by atoms with Gasteiger partial charge in [0.25, 0.3) is 0 Å². The van der Waals surface area contributed by atoms with Crippen molar-refractivity contribution < 1.29 is 23.9 Å². The Labute approximate surface area is 265 Å². The predicted molar refractivity (Wildman–Crippen MR) is 165 cm³/mol. The highest BCUT2D eigenvalue weighted by atomic mass is 35.5. The summed E-state index contributed by atoms with van der Waals surface area (Å²) < 4.78 is 6.98. The van der Waals surface area contributed by atoms with Crippen LogP contribution in [-0.4, -0.2) is 92.3 Å². The Balaban J connectivity index is 1.52. The Morgan fingerprint density at radius 3 is 2.65 bits per heavy atom. The zero-order chi connectivity index (χ0) is 30.8. The van der Waals surface area contributed by atoms with Gasteiger partial charge in [-0.2, -0.15) is 0 Å². The lowest BCUT2D eigenvalue weighted by Crippen LogP contribution is -2.63. The van der Waals surface area contributed by atoms with E-state index in [1.165, 1.54) is 14.7 Å². The summed E-state index contributed by atoms with van der Waals surface area (Å²) in [5.74, 6) is -1.64. The molecule has 230 valence electrons. The average Bonchev–Trinajstić information content (AvgIpc) is 3.70. The Morgan fingerprint density at radius 2 is 1.98 bits per heavy atom. The zero-order valence-electron chi connectivity index (χ0n) is 23.9. The number of imidazole rings is 1. The quantitative estimate of drug-likeness (QED) is 0.141. The van der Waals surface area contributed by atoms with E-state index < -0.39 is 29.3 Å². The number of alkyl halides is 1. The van der Waals surface area contributed by atoms with Crippen LogP contribution in [0, 0.1) is 0 Å². The lowest BCUT2D eigenvalue weighted by molar-refractivity contribution is -0.159. The fourth-order valence-electron chi connectivity index (χ4n) is 4.95. The molecule has 3 aromatic rings. The average molecular weight is 649 g/mol. The molecule has 0 bridgehead atoms. The first-order valence-corrected chi connectivity index (χ1v) is 15.8. The van der Waals surface area contributed by atoms with Crippen LogP contribution in [0.15, 0.2) is 60.5 Å². The van der Waals surface area contributed by atoms with Crippen LogP contribution in [0.3, 0.4) is 0 Å². The van der Waals surface area contributed by atoms with Gasteiger partial charge in [-0.1, -0.05) is 41.4 Å². The van der Waals surface area contributed by atoms with Crippen molar-refractivity contribution in [1.29, 1.82) is 0 Å². The number of halogens is 2. The minimum atomic E-state index is -1.06. The zero-order valence-corrected chi connectivity index (χ0v) is 26.3. The number of benzene rings is 1. The second kappa shape index (κ2) is 15.9. The third-order valence-corrected chi connectivity index (χ3v) is 8.73. The van der Waals surface area contributed by atoms with Gasteiger partial charge in [0.05, 0.1) is 19.4 Å². The molecule has 0 aliphatic carbocycles. The van der Waals surface area contributed by atoms with E-state index in [0.717, 1.165) is 10.4 Å². The fourth-order valence-corrected chi connectivity index (χ4v) is 6.12. The third-order valence-electron chi connectivity index (χ3n) is 7.15. The maximum absolute atomic E-state index is 13.9. The minimum absolute atomic E-state index is 0.182. The molecule has 2 unspecified atom stereocenters. The van der Waals surface area contributed by atoms with Gasteiger partial charge in [-0.15, -0.1) is 11.3 Å². The van der Waals surface area contributed by atoms with Crippen LogP contribution < -0.4 is 0 Å². The lowest BCUT2D eigenvalue weighted by Gasteiger charge is -2.42. The van der Waals surface area contributed by atoms with Crippen molar-refractivity contribution in [2.75, 3.05) is 32.8 Å². The third kappa shape index (κ3) is 9.29. The van der Waals surface area contributed by atoms with E-state index in [9.17, 15) is 19.2 Å². The summed E-state index contributed by atoms with van der Waals surface area (Å²) in [5, 5.41) is 2.53. The molecule has 1 aliphatic heterocycles. The number of aryl methyl sites for hydroxylation is 1. The molecule has 0 saturated carbocycles. The number of hydrogen-bond acceptors (Lipinski definition) is 7. The van der Waals surface area contributed by atoms with Gasteiger partial charge in [-0.3, -0.25) is 19.2 Å². The molecular formula is C30H35Cl2N5O5S. The highest BCUT2D eigenvalue weighted by Gasteiger charge is 2.43. The molecule has 43 heavy (non-hydrogen) atoms. The topological polar surface area (TPSA) is 105 Å². The summed E-state index contributed by atoms with van der Waals surface area (Å²) in [7, 11) is 0. The normalized spacial score (nSPS) is 15.9. The summed E-state index contributed by atoms with van der Waals surface area (Å²) in [6.07, 6.45) is 6.29. The van der Waals surface area contributed by atoms with Gasteiger partial charge in [0.2, 0.25) is 17.7 Å².